The predicted octanol–water partition coefficient (Wildman–Crippen LogP) is 3.58. The van der Waals surface area contributed by atoms with Crippen LogP contribution in [0.4, 0.5) is 5.69 Å². The van der Waals surface area contributed by atoms with Crippen LogP contribution in [-0.4, -0.2) is 38.7 Å². The van der Waals surface area contributed by atoms with Crippen LogP contribution in [0.15, 0.2) is 64.4 Å². The van der Waals surface area contributed by atoms with Crippen LogP contribution in [0, 0.1) is 0 Å². The molecular formula is C18H24N2S. The minimum absolute atomic E-state index is 0.981. The SMILES string of the molecule is CS(C)(c1ccccc1)c1ccccc1N1CCNCC1. The van der Waals surface area contributed by atoms with Gasteiger partial charge in [0.15, 0.2) is 0 Å². The van der Waals surface area contributed by atoms with Crippen molar-refractivity contribution >= 4 is 15.7 Å². The number of piperazine rings is 1. The summed E-state index contributed by atoms with van der Waals surface area (Å²) in [7, 11) is -0.981. The Morgan fingerprint density at radius 1 is 0.857 bits per heavy atom. The molecule has 2 aromatic rings. The van der Waals surface area contributed by atoms with Gasteiger partial charge in [-0.3, -0.25) is 0 Å². The first kappa shape index (κ1) is 14.5. The fourth-order valence-electron chi connectivity index (χ4n) is 2.94. The lowest BCUT2D eigenvalue weighted by Crippen LogP contribution is -2.43. The maximum absolute atomic E-state index is 3.44. The molecule has 0 atom stereocenters. The normalized spacial score (nSPS) is 16.8. The van der Waals surface area contributed by atoms with Gasteiger partial charge in [-0.05, 0) is 41.7 Å². The average Bonchev–Trinajstić information content (AvgIpc) is 2.56. The zero-order chi connectivity index (χ0) is 14.7. The Morgan fingerprint density at radius 2 is 1.48 bits per heavy atom. The maximum Gasteiger partial charge on any atom is 0.0493 e. The zero-order valence-electron chi connectivity index (χ0n) is 12.9. The van der Waals surface area contributed by atoms with Crippen molar-refractivity contribution in [2.24, 2.45) is 0 Å². The molecule has 112 valence electrons. The predicted molar refractivity (Wildman–Crippen MR) is 93.9 cm³/mol. The van der Waals surface area contributed by atoms with Crippen molar-refractivity contribution < 1.29 is 0 Å². The van der Waals surface area contributed by atoms with E-state index in [0.717, 1.165) is 26.2 Å². The third-order valence-electron chi connectivity index (χ3n) is 4.21. The molecule has 0 aromatic heterocycles. The molecule has 2 aromatic carbocycles. The number of hydrogen-bond donors (Lipinski definition) is 1. The van der Waals surface area contributed by atoms with E-state index in [1.165, 1.54) is 15.5 Å². The van der Waals surface area contributed by atoms with Gasteiger partial charge in [0.1, 0.15) is 0 Å². The Balaban J connectivity index is 2.02. The summed E-state index contributed by atoms with van der Waals surface area (Å²) in [6.45, 7) is 4.35. The van der Waals surface area contributed by atoms with Crippen molar-refractivity contribution in [2.75, 3.05) is 43.6 Å². The van der Waals surface area contributed by atoms with E-state index in [-0.39, 0.29) is 0 Å². The first-order chi connectivity index (χ1) is 10.2. The van der Waals surface area contributed by atoms with Gasteiger partial charge in [-0.1, -0.05) is 30.3 Å². The van der Waals surface area contributed by atoms with E-state index in [0.29, 0.717) is 0 Å². The molecule has 1 N–H and O–H groups in total. The van der Waals surface area contributed by atoms with Crippen molar-refractivity contribution in [3.8, 4) is 0 Å². The van der Waals surface area contributed by atoms with Crippen LogP contribution in [0.5, 0.6) is 0 Å². The number of benzene rings is 2. The van der Waals surface area contributed by atoms with E-state index in [9.17, 15) is 0 Å². The van der Waals surface area contributed by atoms with Crippen molar-refractivity contribution in [3.63, 3.8) is 0 Å². The van der Waals surface area contributed by atoms with Gasteiger partial charge >= 0.3 is 0 Å². The highest BCUT2D eigenvalue weighted by atomic mass is 32.3. The molecule has 3 rings (SSSR count). The van der Waals surface area contributed by atoms with Gasteiger partial charge in [-0.15, -0.1) is 0 Å². The van der Waals surface area contributed by atoms with Crippen LogP contribution in [0.2, 0.25) is 0 Å². The summed E-state index contributed by atoms with van der Waals surface area (Å²) in [5, 5.41) is 3.44. The Labute approximate surface area is 129 Å². The second kappa shape index (κ2) is 6.12. The van der Waals surface area contributed by atoms with E-state index in [2.05, 4.69) is 77.3 Å². The van der Waals surface area contributed by atoms with E-state index >= 15 is 0 Å². The quantitative estimate of drug-likeness (QED) is 0.932. The standard InChI is InChI=1S/C18H24N2S/c1-21(2,16-8-4-3-5-9-16)18-11-7-6-10-17(18)20-14-12-19-13-15-20/h3-11,19H,12-15H2,1-2H3. The number of hydrogen-bond acceptors (Lipinski definition) is 2. The second-order valence-electron chi connectivity index (χ2n) is 5.84. The van der Waals surface area contributed by atoms with Crippen LogP contribution in [0.25, 0.3) is 0 Å². The number of nitrogens with zero attached hydrogens (tertiary/aromatic N) is 1. The number of nitrogens with one attached hydrogen (secondary N) is 1. The Kier molecular flexibility index (Phi) is 4.22. The van der Waals surface area contributed by atoms with Crippen LogP contribution in [0.3, 0.4) is 0 Å². The summed E-state index contributed by atoms with van der Waals surface area (Å²) in [5.41, 5.74) is 1.42. The number of para-hydroxylation sites is 1. The molecule has 1 heterocycles. The summed E-state index contributed by atoms with van der Waals surface area (Å²) in [4.78, 5) is 5.48. The minimum atomic E-state index is -0.981. The molecule has 1 aliphatic heterocycles. The molecule has 0 unspecified atom stereocenters. The molecule has 1 aliphatic rings. The van der Waals surface area contributed by atoms with Crippen LogP contribution in [-0.2, 0) is 0 Å². The fourth-order valence-corrected chi connectivity index (χ4v) is 5.17. The Hall–Kier alpha value is -1.45. The van der Waals surface area contributed by atoms with Crippen LogP contribution in [0.1, 0.15) is 0 Å². The lowest BCUT2D eigenvalue weighted by atomic mass is 10.2. The summed E-state index contributed by atoms with van der Waals surface area (Å²) in [6, 6.07) is 19.9. The lowest BCUT2D eigenvalue weighted by Gasteiger charge is -2.38. The molecule has 21 heavy (non-hydrogen) atoms. The average molecular weight is 300 g/mol. The van der Waals surface area contributed by atoms with Gasteiger partial charge in [-0.25, -0.2) is 0 Å². The number of anilines is 1. The molecule has 0 aliphatic carbocycles. The first-order valence-corrected chi connectivity index (χ1v) is 9.98. The molecule has 0 spiro atoms. The van der Waals surface area contributed by atoms with Crippen molar-refractivity contribution in [1.82, 2.24) is 5.32 Å². The topological polar surface area (TPSA) is 15.3 Å². The van der Waals surface area contributed by atoms with Crippen molar-refractivity contribution in [3.05, 3.63) is 54.6 Å². The van der Waals surface area contributed by atoms with Crippen LogP contribution < -0.4 is 10.2 Å². The fraction of sp³-hybridized carbons (Fsp3) is 0.333. The largest absolute Gasteiger partial charge is 0.368 e. The van der Waals surface area contributed by atoms with Gasteiger partial charge in [0, 0.05) is 36.8 Å². The van der Waals surface area contributed by atoms with E-state index in [1.54, 1.807) is 0 Å². The third kappa shape index (κ3) is 2.94. The maximum atomic E-state index is 3.44. The van der Waals surface area contributed by atoms with Gasteiger partial charge in [0.25, 0.3) is 0 Å². The molecule has 1 saturated heterocycles. The van der Waals surface area contributed by atoms with Gasteiger partial charge in [0.2, 0.25) is 0 Å². The van der Waals surface area contributed by atoms with Crippen molar-refractivity contribution in [1.29, 1.82) is 0 Å². The Bertz CT molecular complexity index is 589. The molecule has 3 heteroatoms. The van der Waals surface area contributed by atoms with Crippen LogP contribution >= 0.6 is 10.0 Å². The molecule has 0 radical (unpaired) electrons. The smallest absolute Gasteiger partial charge is 0.0493 e. The highest BCUT2D eigenvalue weighted by Crippen LogP contribution is 2.59. The van der Waals surface area contributed by atoms with E-state index in [4.69, 9.17) is 0 Å². The summed E-state index contributed by atoms with van der Waals surface area (Å²) in [6.07, 6.45) is 4.81. The van der Waals surface area contributed by atoms with Gasteiger partial charge in [-0.2, -0.15) is 10.0 Å². The van der Waals surface area contributed by atoms with Gasteiger partial charge in [0.05, 0.1) is 0 Å². The highest BCUT2D eigenvalue weighted by Gasteiger charge is 2.23. The molecule has 0 amide bonds. The third-order valence-corrected chi connectivity index (χ3v) is 7.10. The number of rotatable bonds is 3. The molecule has 0 saturated carbocycles. The van der Waals surface area contributed by atoms with Gasteiger partial charge < -0.3 is 10.2 Å². The van der Waals surface area contributed by atoms with Crippen molar-refractivity contribution in [2.45, 2.75) is 9.79 Å². The summed E-state index contributed by atoms with van der Waals surface area (Å²) in [5.74, 6) is 0. The van der Waals surface area contributed by atoms with E-state index in [1.807, 2.05) is 0 Å². The monoisotopic (exact) mass is 300 g/mol. The Morgan fingerprint density at radius 3 is 2.19 bits per heavy atom. The molecule has 2 nitrogen and oxygen atoms in total. The lowest BCUT2D eigenvalue weighted by molar-refractivity contribution is 0.587. The summed E-state index contributed by atoms with van der Waals surface area (Å²) >= 11 is 0. The minimum Gasteiger partial charge on any atom is -0.368 e. The van der Waals surface area contributed by atoms with E-state index < -0.39 is 10.0 Å². The molecule has 0 bridgehead atoms. The molecule has 1 fully saturated rings. The second-order valence-corrected chi connectivity index (χ2v) is 9.41. The highest BCUT2D eigenvalue weighted by molar-refractivity contribution is 8.32. The first-order valence-electron chi connectivity index (χ1n) is 7.53. The molecular weight excluding hydrogens is 276 g/mol. The summed E-state index contributed by atoms with van der Waals surface area (Å²) < 4.78 is 0. The zero-order valence-corrected chi connectivity index (χ0v) is 13.7.